The molecule has 6 nitrogen and oxygen atoms in total. The Kier molecular flexibility index (Phi) is 5.78. The molecule has 21 heavy (non-hydrogen) atoms. The van der Waals surface area contributed by atoms with Gasteiger partial charge in [0, 0.05) is 6.54 Å². The van der Waals surface area contributed by atoms with E-state index in [0.29, 0.717) is 17.8 Å². The fraction of sp³-hybridized carbons (Fsp3) is 0.455. The topological polar surface area (TPSA) is 91.8 Å². The summed E-state index contributed by atoms with van der Waals surface area (Å²) in [5.41, 5.74) is 0. The zero-order chi connectivity index (χ0) is 16.2. The lowest BCUT2D eigenvalue weighted by atomic mass is 10.3. The molecule has 0 aromatic carbocycles. The van der Waals surface area contributed by atoms with E-state index in [1.807, 2.05) is 0 Å². The standard InChI is InChI=1S/C11H13F2NO5S2/c1-2-4-14(6-8(15)16)10(17)9-7(3-5-20-9)21(18,19)11(12)13/h3,5,11H,2,4,6H2,1H3,(H,15,16). The van der Waals surface area contributed by atoms with Gasteiger partial charge >= 0.3 is 11.7 Å². The molecule has 1 amide bonds. The summed E-state index contributed by atoms with van der Waals surface area (Å²) in [5.74, 6) is -5.79. The molecule has 0 atom stereocenters. The molecule has 0 bridgehead atoms. The molecule has 1 N–H and O–H groups in total. The SMILES string of the molecule is CCCN(CC(=O)O)C(=O)c1sccc1S(=O)(=O)C(F)F. The predicted molar refractivity (Wildman–Crippen MR) is 71.3 cm³/mol. The number of carboxylic acids is 1. The molecule has 10 heteroatoms. The van der Waals surface area contributed by atoms with Crippen LogP contribution in [-0.2, 0) is 14.6 Å². The number of thiophene rings is 1. The Morgan fingerprint density at radius 2 is 2.05 bits per heavy atom. The van der Waals surface area contributed by atoms with Crippen molar-refractivity contribution in [3.05, 3.63) is 16.3 Å². The van der Waals surface area contributed by atoms with Gasteiger partial charge in [-0.15, -0.1) is 11.3 Å². The highest BCUT2D eigenvalue weighted by molar-refractivity contribution is 7.92. The number of alkyl halides is 2. The number of carboxylic acid groups (broad SMARTS) is 1. The first-order valence-electron chi connectivity index (χ1n) is 5.82. The lowest BCUT2D eigenvalue weighted by molar-refractivity contribution is -0.137. The van der Waals surface area contributed by atoms with Crippen LogP contribution < -0.4 is 0 Å². The van der Waals surface area contributed by atoms with Crippen LogP contribution in [-0.4, -0.2) is 49.1 Å². The van der Waals surface area contributed by atoms with Gasteiger partial charge in [-0.2, -0.15) is 8.78 Å². The number of carbonyl (C=O) groups excluding carboxylic acids is 1. The second-order valence-electron chi connectivity index (χ2n) is 4.04. The van der Waals surface area contributed by atoms with Gasteiger partial charge in [-0.3, -0.25) is 9.59 Å². The third kappa shape index (κ3) is 3.97. The third-order valence-electron chi connectivity index (χ3n) is 2.47. The van der Waals surface area contributed by atoms with Crippen LogP contribution in [0.1, 0.15) is 23.0 Å². The minimum atomic E-state index is -4.90. The van der Waals surface area contributed by atoms with E-state index < -0.39 is 43.8 Å². The summed E-state index contributed by atoms with van der Waals surface area (Å²) in [5, 5.41) is 9.95. The summed E-state index contributed by atoms with van der Waals surface area (Å²) < 4.78 is 48.1. The molecule has 1 rings (SSSR count). The lowest BCUT2D eigenvalue weighted by Gasteiger charge is -2.19. The van der Waals surface area contributed by atoms with Gasteiger partial charge in [0.2, 0.25) is 9.84 Å². The molecule has 0 fully saturated rings. The van der Waals surface area contributed by atoms with Crippen LogP contribution in [0.5, 0.6) is 0 Å². The van der Waals surface area contributed by atoms with Crippen molar-refractivity contribution in [1.82, 2.24) is 4.90 Å². The molecular formula is C11H13F2NO5S2. The lowest BCUT2D eigenvalue weighted by Crippen LogP contribution is -2.36. The van der Waals surface area contributed by atoms with Crippen LogP contribution in [0.15, 0.2) is 16.3 Å². The van der Waals surface area contributed by atoms with Crippen LogP contribution in [0, 0.1) is 0 Å². The maximum atomic E-state index is 12.6. The molecule has 1 heterocycles. The van der Waals surface area contributed by atoms with Crippen molar-refractivity contribution in [2.75, 3.05) is 13.1 Å². The van der Waals surface area contributed by atoms with E-state index in [0.717, 1.165) is 11.0 Å². The number of hydrogen-bond acceptors (Lipinski definition) is 5. The van der Waals surface area contributed by atoms with Gasteiger partial charge in [-0.05, 0) is 17.9 Å². The Bertz CT molecular complexity index is 626. The van der Waals surface area contributed by atoms with Gasteiger partial charge in [0.25, 0.3) is 5.91 Å². The average molecular weight is 341 g/mol. The molecule has 1 aromatic heterocycles. The van der Waals surface area contributed by atoms with E-state index in [1.54, 1.807) is 6.92 Å². The monoisotopic (exact) mass is 341 g/mol. The number of rotatable bonds is 7. The van der Waals surface area contributed by atoms with Gasteiger partial charge < -0.3 is 10.0 Å². The molecule has 0 saturated heterocycles. The summed E-state index contributed by atoms with van der Waals surface area (Å²) in [7, 11) is -4.90. The first-order chi connectivity index (χ1) is 9.71. The first-order valence-corrected chi connectivity index (χ1v) is 8.25. The van der Waals surface area contributed by atoms with Crippen molar-refractivity contribution in [3.63, 3.8) is 0 Å². The Hall–Kier alpha value is -1.55. The number of hydrogen-bond donors (Lipinski definition) is 1. The summed E-state index contributed by atoms with van der Waals surface area (Å²) >= 11 is 0.687. The van der Waals surface area contributed by atoms with E-state index in [1.165, 1.54) is 5.38 Å². The van der Waals surface area contributed by atoms with Gasteiger partial charge in [0.15, 0.2) is 0 Å². The van der Waals surface area contributed by atoms with Crippen molar-refractivity contribution in [3.8, 4) is 0 Å². The smallest absolute Gasteiger partial charge is 0.341 e. The third-order valence-corrected chi connectivity index (χ3v) is 4.93. The normalized spacial score (nSPS) is 11.6. The minimum absolute atomic E-state index is 0.0806. The molecule has 0 aliphatic carbocycles. The number of sulfone groups is 1. The Morgan fingerprint density at radius 3 is 2.52 bits per heavy atom. The van der Waals surface area contributed by atoms with Gasteiger partial charge in [0.05, 0.1) is 4.90 Å². The number of carbonyl (C=O) groups is 2. The van der Waals surface area contributed by atoms with Crippen LogP contribution in [0.25, 0.3) is 0 Å². The van der Waals surface area contributed by atoms with Gasteiger partial charge in [0.1, 0.15) is 11.4 Å². The second-order valence-corrected chi connectivity index (χ2v) is 6.84. The van der Waals surface area contributed by atoms with E-state index in [2.05, 4.69) is 0 Å². The van der Waals surface area contributed by atoms with Crippen molar-refractivity contribution in [2.45, 2.75) is 24.0 Å². The number of aliphatic carboxylic acids is 1. The maximum absolute atomic E-state index is 12.6. The molecule has 1 aromatic rings. The van der Waals surface area contributed by atoms with E-state index >= 15 is 0 Å². The molecule has 118 valence electrons. The Morgan fingerprint density at radius 1 is 1.43 bits per heavy atom. The Labute approximate surface area is 123 Å². The molecular weight excluding hydrogens is 328 g/mol. The average Bonchev–Trinajstić information content (AvgIpc) is 2.86. The van der Waals surface area contributed by atoms with Crippen LogP contribution in [0.2, 0.25) is 0 Å². The molecule has 0 unspecified atom stereocenters. The second kappa shape index (κ2) is 6.94. The van der Waals surface area contributed by atoms with E-state index in [-0.39, 0.29) is 6.54 Å². The fourth-order valence-electron chi connectivity index (χ4n) is 1.60. The minimum Gasteiger partial charge on any atom is -0.480 e. The summed E-state index contributed by atoms with van der Waals surface area (Å²) in [6.07, 6.45) is 0.446. The molecule has 0 radical (unpaired) electrons. The summed E-state index contributed by atoms with van der Waals surface area (Å²) in [6.45, 7) is 1.16. The van der Waals surface area contributed by atoms with E-state index in [9.17, 15) is 26.8 Å². The number of halogens is 2. The van der Waals surface area contributed by atoms with Crippen LogP contribution in [0.3, 0.4) is 0 Å². The predicted octanol–water partition coefficient (Wildman–Crippen LogP) is 1.68. The highest BCUT2D eigenvalue weighted by Gasteiger charge is 2.33. The molecule has 0 saturated carbocycles. The van der Waals surface area contributed by atoms with Gasteiger partial charge in [-0.1, -0.05) is 6.92 Å². The molecule has 0 aliphatic rings. The zero-order valence-corrected chi connectivity index (χ0v) is 12.6. The molecule has 0 aliphatic heterocycles. The summed E-state index contributed by atoms with van der Waals surface area (Å²) in [4.78, 5) is 22.7. The van der Waals surface area contributed by atoms with Crippen molar-refractivity contribution in [1.29, 1.82) is 0 Å². The van der Waals surface area contributed by atoms with Crippen LogP contribution in [0.4, 0.5) is 8.78 Å². The quantitative estimate of drug-likeness (QED) is 0.815. The Balaban J connectivity index is 3.19. The van der Waals surface area contributed by atoms with Crippen molar-refractivity contribution >= 4 is 33.1 Å². The highest BCUT2D eigenvalue weighted by atomic mass is 32.2. The van der Waals surface area contributed by atoms with Crippen molar-refractivity contribution < 1.29 is 31.9 Å². The van der Waals surface area contributed by atoms with E-state index in [4.69, 9.17) is 5.11 Å². The zero-order valence-electron chi connectivity index (χ0n) is 11.0. The molecule has 0 spiro atoms. The van der Waals surface area contributed by atoms with Gasteiger partial charge in [-0.25, -0.2) is 8.42 Å². The summed E-state index contributed by atoms with van der Waals surface area (Å²) in [6, 6.07) is 0.921. The first kappa shape index (κ1) is 17.5. The van der Waals surface area contributed by atoms with Crippen LogP contribution >= 0.6 is 11.3 Å². The fourth-order valence-corrected chi connectivity index (χ4v) is 3.73. The maximum Gasteiger partial charge on any atom is 0.341 e. The van der Waals surface area contributed by atoms with Crippen molar-refractivity contribution in [2.24, 2.45) is 0 Å². The largest absolute Gasteiger partial charge is 0.480 e. The highest BCUT2D eigenvalue weighted by Crippen LogP contribution is 2.28. The number of amides is 1. The number of nitrogens with zero attached hydrogens (tertiary/aromatic N) is 1.